The molecule has 0 fully saturated rings. The Morgan fingerprint density at radius 3 is 2.28 bits per heavy atom. The first-order chi connectivity index (χ1) is 8.37. The second-order valence-corrected chi connectivity index (χ2v) is 3.71. The Morgan fingerprint density at radius 2 is 1.89 bits per heavy atom. The lowest BCUT2D eigenvalue weighted by atomic mass is 10.1. The minimum Gasteiger partial charge on any atom is -0.406 e. The fourth-order valence-corrected chi connectivity index (χ4v) is 1.56. The van der Waals surface area contributed by atoms with Crippen molar-refractivity contribution >= 4 is 16.6 Å². The number of hydrogen-bond donors (Lipinski definition) is 0. The predicted molar refractivity (Wildman–Crippen MR) is 61.8 cm³/mol. The summed E-state index contributed by atoms with van der Waals surface area (Å²) in [5.41, 5.74) is 0.853. The van der Waals surface area contributed by atoms with Crippen molar-refractivity contribution in [3.63, 3.8) is 0 Å². The van der Waals surface area contributed by atoms with Crippen LogP contribution in [0.15, 0.2) is 29.8 Å². The number of benzene rings is 1. The van der Waals surface area contributed by atoms with E-state index in [1.807, 2.05) is 6.07 Å². The molecule has 0 saturated heterocycles. The topological polar surface area (TPSA) is 33.0 Å². The summed E-state index contributed by atoms with van der Waals surface area (Å²) < 4.78 is 39.5. The lowest BCUT2D eigenvalue weighted by Crippen LogP contribution is -2.16. The maximum absolute atomic E-state index is 11.9. The molecule has 0 amide bonds. The van der Waals surface area contributed by atoms with Crippen LogP contribution in [0.25, 0.3) is 5.03 Å². The van der Waals surface area contributed by atoms with Gasteiger partial charge in [0.15, 0.2) is 0 Å². The molecule has 96 valence electrons. The highest BCUT2D eigenvalue weighted by Gasteiger charge is 2.30. The van der Waals surface area contributed by atoms with Crippen molar-refractivity contribution in [3.05, 3.63) is 35.4 Å². The quantitative estimate of drug-likeness (QED) is 0.763. The molecule has 0 aliphatic heterocycles. The summed E-state index contributed by atoms with van der Waals surface area (Å²) in [6.45, 7) is 1.77. The van der Waals surface area contributed by atoms with Crippen LogP contribution in [0, 0.1) is 11.3 Å². The molecule has 0 aliphatic carbocycles. The van der Waals surface area contributed by atoms with Crippen LogP contribution in [0.2, 0.25) is 0 Å². The summed E-state index contributed by atoms with van der Waals surface area (Å²) in [5.74, 6) is -0.328. The van der Waals surface area contributed by atoms with Gasteiger partial charge in [-0.1, -0.05) is 18.5 Å². The molecule has 1 rings (SSSR count). The van der Waals surface area contributed by atoms with E-state index in [4.69, 9.17) is 16.9 Å². The molecule has 18 heavy (non-hydrogen) atoms. The molecule has 6 heteroatoms. The summed E-state index contributed by atoms with van der Waals surface area (Å²) in [6, 6.07) is 6.98. The Hall–Kier alpha value is -1.67. The Kier molecular flexibility index (Phi) is 4.62. The minimum absolute atomic E-state index is 0.235. The Morgan fingerprint density at radius 1 is 1.33 bits per heavy atom. The van der Waals surface area contributed by atoms with Gasteiger partial charge >= 0.3 is 6.36 Å². The summed E-state index contributed by atoms with van der Waals surface area (Å²) >= 11 is 5.95. The SMILES string of the molecule is CC/C(C#N)=C(/Cl)c1ccc(OC(F)(F)F)cc1. The summed E-state index contributed by atoms with van der Waals surface area (Å²) in [6.07, 6.45) is -4.27. The number of rotatable bonds is 3. The van der Waals surface area contributed by atoms with Crippen molar-refractivity contribution in [2.45, 2.75) is 19.7 Å². The molecule has 0 spiro atoms. The van der Waals surface area contributed by atoms with Crippen molar-refractivity contribution in [2.75, 3.05) is 0 Å². The minimum atomic E-state index is -4.72. The van der Waals surface area contributed by atoms with Crippen LogP contribution >= 0.6 is 11.6 Å². The number of alkyl halides is 3. The van der Waals surface area contributed by atoms with E-state index in [2.05, 4.69) is 4.74 Å². The number of allylic oxidation sites excluding steroid dienone is 1. The molecular formula is C12H9ClF3NO. The van der Waals surface area contributed by atoms with Gasteiger partial charge in [0.25, 0.3) is 0 Å². The zero-order valence-electron chi connectivity index (χ0n) is 9.38. The molecule has 0 radical (unpaired) electrons. The molecule has 0 N–H and O–H groups in total. The third kappa shape index (κ3) is 3.97. The van der Waals surface area contributed by atoms with E-state index in [-0.39, 0.29) is 10.8 Å². The van der Waals surface area contributed by atoms with E-state index < -0.39 is 6.36 Å². The van der Waals surface area contributed by atoms with E-state index in [0.717, 1.165) is 12.1 Å². The Labute approximate surface area is 107 Å². The second-order valence-electron chi connectivity index (χ2n) is 3.33. The molecule has 1 aromatic carbocycles. The normalized spacial score (nSPS) is 12.7. The Bertz CT molecular complexity index is 486. The summed E-state index contributed by atoms with van der Waals surface area (Å²) in [7, 11) is 0. The molecule has 0 aromatic heterocycles. The van der Waals surface area contributed by atoms with Crippen LogP contribution in [0.4, 0.5) is 13.2 Å². The third-order valence-corrected chi connectivity index (χ3v) is 2.54. The number of ether oxygens (including phenoxy) is 1. The van der Waals surface area contributed by atoms with Gasteiger partial charge in [-0.05, 0) is 36.2 Å². The lowest BCUT2D eigenvalue weighted by molar-refractivity contribution is -0.274. The maximum Gasteiger partial charge on any atom is 0.573 e. The highest BCUT2D eigenvalue weighted by molar-refractivity contribution is 6.49. The average Bonchev–Trinajstić information content (AvgIpc) is 2.29. The number of hydrogen-bond acceptors (Lipinski definition) is 2. The molecule has 0 unspecified atom stereocenters. The number of halogens is 4. The van der Waals surface area contributed by atoms with Crippen LogP contribution in [0.5, 0.6) is 5.75 Å². The van der Waals surface area contributed by atoms with Gasteiger partial charge in [0.2, 0.25) is 0 Å². The predicted octanol–water partition coefficient (Wildman–Crippen LogP) is 4.47. The number of nitriles is 1. The first kappa shape index (κ1) is 14.4. The van der Waals surface area contributed by atoms with Gasteiger partial charge < -0.3 is 4.74 Å². The fraction of sp³-hybridized carbons (Fsp3) is 0.250. The highest BCUT2D eigenvalue weighted by atomic mass is 35.5. The Balaban J connectivity index is 2.97. The second kappa shape index (κ2) is 5.78. The van der Waals surface area contributed by atoms with E-state index in [9.17, 15) is 13.2 Å². The van der Waals surface area contributed by atoms with Crippen LogP contribution in [0.3, 0.4) is 0 Å². The molecule has 0 atom stereocenters. The number of nitrogens with zero attached hydrogens (tertiary/aromatic N) is 1. The molecule has 0 saturated carbocycles. The largest absolute Gasteiger partial charge is 0.573 e. The van der Waals surface area contributed by atoms with Gasteiger partial charge in [0.1, 0.15) is 5.75 Å². The van der Waals surface area contributed by atoms with E-state index >= 15 is 0 Å². The molecule has 0 aliphatic rings. The van der Waals surface area contributed by atoms with Gasteiger partial charge in [-0.25, -0.2) is 0 Å². The zero-order chi connectivity index (χ0) is 13.8. The summed E-state index contributed by atoms with van der Waals surface area (Å²) in [5, 5.41) is 9.03. The molecule has 0 heterocycles. The van der Waals surface area contributed by atoms with Gasteiger partial charge in [-0.2, -0.15) is 5.26 Å². The van der Waals surface area contributed by atoms with Gasteiger partial charge in [0, 0.05) is 5.57 Å². The maximum atomic E-state index is 11.9. The smallest absolute Gasteiger partial charge is 0.406 e. The van der Waals surface area contributed by atoms with E-state index in [1.165, 1.54) is 12.1 Å². The van der Waals surface area contributed by atoms with Crippen molar-refractivity contribution in [1.29, 1.82) is 5.26 Å². The average molecular weight is 276 g/mol. The standard InChI is InChI=1S/C12H9ClF3NO/c1-2-8(7-17)11(13)9-3-5-10(6-4-9)18-12(14,15)16/h3-6H,2H2,1H3/b11-8-. The monoisotopic (exact) mass is 275 g/mol. The van der Waals surface area contributed by atoms with Crippen LogP contribution in [-0.2, 0) is 0 Å². The first-order valence-corrected chi connectivity index (χ1v) is 5.40. The van der Waals surface area contributed by atoms with Crippen molar-refractivity contribution in [3.8, 4) is 11.8 Å². The molecule has 2 nitrogen and oxygen atoms in total. The highest BCUT2D eigenvalue weighted by Crippen LogP contribution is 2.28. The van der Waals surface area contributed by atoms with Crippen molar-refractivity contribution < 1.29 is 17.9 Å². The van der Waals surface area contributed by atoms with E-state index in [1.54, 1.807) is 6.92 Å². The first-order valence-electron chi connectivity index (χ1n) is 5.02. The van der Waals surface area contributed by atoms with Gasteiger partial charge in [-0.3, -0.25) is 0 Å². The van der Waals surface area contributed by atoms with Crippen LogP contribution in [-0.4, -0.2) is 6.36 Å². The molecular weight excluding hydrogens is 267 g/mol. The zero-order valence-corrected chi connectivity index (χ0v) is 10.1. The van der Waals surface area contributed by atoms with Gasteiger partial charge in [-0.15, -0.1) is 13.2 Å². The van der Waals surface area contributed by atoms with Crippen molar-refractivity contribution in [2.24, 2.45) is 0 Å². The van der Waals surface area contributed by atoms with Crippen molar-refractivity contribution in [1.82, 2.24) is 0 Å². The summed E-state index contributed by atoms with van der Waals surface area (Å²) in [4.78, 5) is 0. The molecule has 1 aromatic rings. The fourth-order valence-electron chi connectivity index (χ4n) is 1.26. The third-order valence-electron chi connectivity index (χ3n) is 2.09. The lowest BCUT2D eigenvalue weighted by Gasteiger charge is -2.09. The van der Waals surface area contributed by atoms with Crippen LogP contribution in [0.1, 0.15) is 18.9 Å². The molecule has 0 bridgehead atoms. The van der Waals surface area contributed by atoms with Gasteiger partial charge in [0.05, 0.1) is 11.1 Å². The van der Waals surface area contributed by atoms with E-state index in [0.29, 0.717) is 17.6 Å². The van der Waals surface area contributed by atoms with Crippen LogP contribution < -0.4 is 4.74 Å².